The maximum absolute atomic E-state index is 13.1. The monoisotopic (exact) mass is 488 g/mol. The zero-order valence-corrected chi connectivity index (χ0v) is 19.5. The first-order chi connectivity index (χ1) is 17.0. The van der Waals surface area contributed by atoms with E-state index in [0.29, 0.717) is 44.4 Å². The summed E-state index contributed by atoms with van der Waals surface area (Å²) in [4.78, 5) is 30.2. The fourth-order valence-corrected chi connectivity index (χ4v) is 3.99. The highest BCUT2D eigenvalue weighted by molar-refractivity contribution is 6.35. The Morgan fingerprint density at radius 1 is 0.971 bits per heavy atom. The van der Waals surface area contributed by atoms with Crippen molar-refractivity contribution in [3.63, 3.8) is 0 Å². The number of aryl methyl sites for hydroxylation is 1. The Hall–Kier alpha value is -4.30. The summed E-state index contributed by atoms with van der Waals surface area (Å²) in [5, 5.41) is 3.64. The van der Waals surface area contributed by atoms with E-state index in [-0.39, 0.29) is 6.79 Å². The number of carbonyl (C=O) groups is 2. The van der Waals surface area contributed by atoms with Gasteiger partial charge in [-0.3, -0.25) is 10.2 Å². The van der Waals surface area contributed by atoms with Crippen molar-refractivity contribution in [3.05, 3.63) is 82.9 Å². The Bertz CT molecular complexity index is 1440. The number of nitrogens with zero attached hydrogens (tertiary/aromatic N) is 1. The zero-order valence-electron chi connectivity index (χ0n) is 18.7. The number of pyridine rings is 1. The molecule has 1 aliphatic heterocycles. The number of anilines is 1. The van der Waals surface area contributed by atoms with Crippen molar-refractivity contribution in [2.24, 2.45) is 0 Å². The van der Waals surface area contributed by atoms with E-state index in [4.69, 9.17) is 21.1 Å². The van der Waals surface area contributed by atoms with Crippen LogP contribution in [0.2, 0.25) is 5.02 Å². The number of nitrogens with one attached hydrogen (secondary N) is 3. The third-order valence-electron chi connectivity index (χ3n) is 5.61. The quantitative estimate of drug-likeness (QED) is 0.338. The fourth-order valence-electron chi connectivity index (χ4n) is 3.78. The van der Waals surface area contributed by atoms with E-state index in [1.165, 1.54) is 5.56 Å². The van der Waals surface area contributed by atoms with E-state index in [1.54, 1.807) is 42.5 Å². The van der Waals surface area contributed by atoms with E-state index in [1.807, 2.05) is 24.3 Å². The van der Waals surface area contributed by atoms with Crippen molar-refractivity contribution in [1.82, 2.24) is 15.8 Å². The first-order valence-electron chi connectivity index (χ1n) is 11.0. The van der Waals surface area contributed by atoms with Crippen molar-refractivity contribution < 1.29 is 19.1 Å². The first kappa shape index (κ1) is 22.5. The van der Waals surface area contributed by atoms with Crippen LogP contribution in [0.4, 0.5) is 10.5 Å². The topological polar surface area (TPSA) is 102 Å². The number of hydrogen-bond donors (Lipinski definition) is 3. The Labute approximate surface area is 206 Å². The van der Waals surface area contributed by atoms with Gasteiger partial charge in [-0.2, -0.15) is 0 Å². The van der Waals surface area contributed by atoms with Crippen LogP contribution in [0.1, 0.15) is 22.8 Å². The summed E-state index contributed by atoms with van der Waals surface area (Å²) in [6.07, 6.45) is 0.922. The SMILES string of the molecule is CCc1ccc(-c2cc(C(=O)NNC(=O)Nc3ccc4c(c3)OCO4)c3cccc(Cl)c3n2)cc1. The van der Waals surface area contributed by atoms with Crippen LogP contribution in [0.3, 0.4) is 0 Å². The number of ether oxygens (including phenoxy) is 2. The number of halogens is 1. The smallest absolute Gasteiger partial charge is 0.337 e. The number of urea groups is 1. The summed E-state index contributed by atoms with van der Waals surface area (Å²) in [5.74, 6) is 0.631. The Morgan fingerprint density at radius 2 is 1.77 bits per heavy atom. The molecule has 5 rings (SSSR count). The van der Waals surface area contributed by atoms with Gasteiger partial charge in [0.25, 0.3) is 5.91 Å². The van der Waals surface area contributed by atoms with Crippen LogP contribution in [0.5, 0.6) is 11.5 Å². The molecule has 0 bridgehead atoms. The van der Waals surface area contributed by atoms with Gasteiger partial charge in [0.05, 0.1) is 21.8 Å². The molecule has 0 radical (unpaired) electrons. The number of fused-ring (bicyclic) bond motifs is 2. The maximum Gasteiger partial charge on any atom is 0.337 e. The van der Waals surface area contributed by atoms with Crippen molar-refractivity contribution in [3.8, 4) is 22.8 Å². The van der Waals surface area contributed by atoms with Crippen LogP contribution < -0.4 is 25.6 Å². The average molecular weight is 489 g/mol. The van der Waals surface area contributed by atoms with Gasteiger partial charge < -0.3 is 14.8 Å². The summed E-state index contributed by atoms with van der Waals surface area (Å²) in [5.41, 5.74) is 8.79. The Kier molecular flexibility index (Phi) is 6.12. The van der Waals surface area contributed by atoms with E-state index in [0.717, 1.165) is 12.0 Å². The van der Waals surface area contributed by atoms with E-state index in [2.05, 4.69) is 28.1 Å². The lowest BCUT2D eigenvalue weighted by Gasteiger charge is -2.13. The van der Waals surface area contributed by atoms with Crippen LogP contribution in [0, 0.1) is 0 Å². The molecule has 1 aromatic heterocycles. The lowest BCUT2D eigenvalue weighted by Crippen LogP contribution is -2.44. The number of benzene rings is 3. The lowest BCUT2D eigenvalue weighted by molar-refractivity contribution is 0.0939. The highest BCUT2D eigenvalue weighted by Gasteiger charge is 2.17. The molecule has 0 unspecified atom stereocenters. The van der Waals surface area contributed by atoms with Gasteiger partial charge in [-0.25, -0.2) is 15.2 Å². The van der Waals surface area contributed by atoms with Crippen molar-refractivity contribution in [2.45, 2.75) is 13.3 Å². The number of hydrazine groups is 1. The molecule has 4 aromatic rings. The molecular weight excluding hydrogens is 468 g/mol. The van der Waals surface area contributed by atoms with Gasteiger partial charge >= 0.3 is 6.03 Å². The summed E-state index contributed by atoms with van der Waals surface area (Å²) >= 11 is 6.41. The normalized spacial score (nSPS) is 11.8. The van der Waals surface area contributed by atoms with Gasteiger partial charge in [-0.15, -0.1) is 0 Å². The number of carbonyl (C=O) groups excluding carboxylic acids is 2. The van der Waals surface area contributed by atoms with Crippen molar-refractivity contribution in [2.75, 3.05) is 12.1 Å². The average Bonchev–Trinajstić information content (AvgIpc) is 3.35. The molecule has 3 aromatic carbocycles. The fraction of sp³-hybridized carbons (Fsp3) is 0.115. The second-order valence-corrected chi connectivity index (χ2v) is 8.25. The number of aromatic nitrogens is 1. The predicted octanol–water partition coefficient (Wildman–Crippen LogP) is 5.31. The van der Waals surface area contributed by atoms with Crippen molar-refractivity contribution in [1.29, 1.82) is 0 Å². The molecule has 0 saturated heterocycles. The number of hydrogen-bond acceptors (Lipinski definition) is 5. The molecule has 1 aliphatic rings. The molecule has 0 spiro atoms. The highest BCUT2D eigenvalue weighted by atomic mass is 35.5. The van der Waals surface area contributed by atoms with Crippen LogP contribution in [-0.2, 0) is 6.42 Å². The summed E-state index contributed by atoms with van der Waals surface area (Å²) in [6.45, 7) is 2.22. The molecule has 0 fully saturated rings. The predicted molar refractivity (Wildman–Crippen MR) is 134 cm³/mol. The minimum atomic E-state index is -0.621. The number of para-hydroxylation sites is 1. The molecule has 9 heteroatoms. The third kappa shape index (κ3) is 4.69. The Balaban J connectivity index is 1.37. The molecule has 0 atom stereocenters. The second-order valence-electron chi connectivity index (χ2n) is 7.84. The molecule has 0 aliphatic carbocycles. The summed E-state index contributed by atoms with van der Waals surface area (Å²) < 4.78 is 10.6. The molecule has 176 valence electrons. The first-order valence-corrected chi connectivity index (χ1v) is 11.3. The second kappa shape index (κ2) is 9.52. The lowest BCUT2D eigenvalue weighted by atomic mass is 10.0. The standard InChI is InChI=1S/C26H21ClN4O4/c1-2-15-6-8-16(9-7-15)21-13-19(18-4-3-5-20(27)24(18)29-21)25(32)30-31-26(33)28-17-10-11-22-23(12-17)35-14-34-22/h3-13H,2,14H2,1H3,(H,30,32)(H2,28,31,33). The van der Waals surface area contributed by atoms with E-state index >= 15 is 0 Å². The summed E-state index contributed by atoms with van der Waals surface area (Å²) in [7, 11) is 0. The van der Waals surface area contributed by atoms with Crippen LogP contribution >= 0.6 is 11.6 Å². The largest absolute Gasteiger partial charge is 0.454 e. The minimum Gasteiger partial charge on any atom is -0.454 e. The van der Waals surface area contributed by atoms with Crippen LogP contribution in [-0.4, -0.2) is 23.7 Å². The molecule has 3 amide bonds. The van der Waals surface area contributed by atoms with Gasteiger partial charge in [0.1, 0.15) is 0 Å². The van der Waals surface area contributed by atoms with Gasteiger partial charge in [0, 0.05) is 22.7 Å². The number of rotatable bonds is 4. The van der Waals surface area contributed by atoms with Gasteiger partial charge in [0.15, 0.2) is 11.5 Å². The van der Waals surface area contributed by atoms with E-state index in [9.17, 15) is 9.59 Å². The van der Waals surface area contributed by atoms with Crippen LogP contribution in [0.25, 0.3) is 22.2 Å². The molecule has 0 saturated carbocycles. The van der Waals surface area contributed by atoms with Gasteiger partial charge in [0.2, 0.25) is 6.79 Å². The molecule has 8 nitrogen and oxygen atoms in total. The van der Waals surface area contributed by atoms with Gasteiger partial charge in [-0.05, 0) is 36.2 Å². The molecule has 35 heavy (non-hydrogen) atoms. The third-order valence-corrected chi connectivity index (χ3v) is 5.92. The minimum absolute atomic E-state index is 0.135. The maximum atomic E-state index is 13.1. The molecule has 3 N–H and O–H groups in total. The summed E-state index contributed by atoms with van der Waals surface area (Å²) in [6, 6.07) is 19.3. The van der Waals surface area contributed by atoms with Crippen LogP contribution in [0.15, 0.2) is 66.7 Å². The number of amides is 3. The Morgan fingerprint density at radius 3 is 2.57 bits per heavy atom. The molecule has 2 heterocycles. The molecular formula is C26H21ClN4O4. The van der Waals surface area contributed by atoms with Crippen molar-refractivity contribution >= 4 is 40.1 Å². The zero-order chi connectivity index (χ0) is 24.4. The van der Waals surface area contributed by atoms with Gasteiger partial charge in [-0.1, -0.05) is 54.9 Å². The highest BCUT2D eigenvalue weighted by Crippen LogP contribution is 2.34. The van der Waals surface area contributed by atoms with E-state index < -0.39 is 11.9 Å².